The Bertz CT molecular complexity index is 636. The zero-order chi connectivity index (χ0) is 16.1. The number of halogens is 1. The van der Waals surface area contributed by atoms with Crippen molar-refractivity contribution in [1.29, 1.82) is 0 Å². The summed E-state index contributed by atoms with van der Waals surface area (Å²) in [7, 11) is 0. The maximum absolute atomic E-state index is 12.9. The molecule has 0 spiro atoms. The fourth-order valence-electron chi connectivity index (χ4n) is 3.08. The number of likely N-dealkylation sites (tertiary alicyclic amines) is 1. The van der Waals surface area contributed by atoms with Crippen LogP contribution in [0.2, 0.25) is 5.02 Å². The molecule has 23 heavy (non-hydrogen) atoms. The lowest BCUT2D eigenvalue weighted by molar-refractivity contribution is -0.122. The Kier molecular flexibility index (Phi) is 5.31. The first-order valence-corrected chi connectivity index (χ1v) is 8.47. The molecule has 3 nitrogen and oxygen atoms in total. The van der Waals surface area contributed by atoms with E-state index < -0.39 is 0 Å². The van der Waals surface area contributed by atoms with E-state index in [1.54, 1.807) is 0 Å². The van der Waals surface area contributed by atoms with Gasteiger partial charge in [-0.1, -0.05) is 48.4 Å². The Balaban J connectivity index is 1.84. The minimum Gasteiger partial charge on any atom is -0.324 e. The molecule has 0 aliphatic carbocycles. The SMILES string of the molecule is O=C(Nc1ccccc1)[C@@H](c1ccc(Cl)cc1)N1CCCCC1. The third kappa shape index (κ3) is 4.12. The van der Waals surface area contributed by atoms with Crippen molar-refractivity contribution >= 4 is 23.2 Å². The van der Waals surface area contributed by atoms with Gasteiger partial charge in [-0.3, -0.25) is 9.69 Å². The lowest BCUT2D eigenvalue weighted by atomic mass is 10.0. The summed E-state index contributed by atoms with van der Waals surface area (Å²) in [5.74, 6) is 0.0143. The number of para-hydroxylation sites is 1. The van der Waals surface area contributed by atoms with Gasteiger partial charge in [-0.2, -0.15) is 0 Å². The van der Waals surface area contributed by atoms with Crippen LogP contribution in [0.3, 0.4) is 0 Å². The summed E-state index contributed by atoms with van der Waals surface area (Å²) in [5, 5.41) is 3.73. The third-order valence-electron chi connectivity index (χ3n) is 4.23. The van der Waals surface area contributed by atoms with Crippen LogP contribution in [0.4, 0.5) is 5.69 Å². The highest BCUT2D eigenvalue weighted by molar-refractivity contribution is 6.30. The third-order valence-corrected chi connectivity index (χ3v) is 4.48. The Morgan fingerprint density at radius 2 is 1.61 bits per heavy atom. The van der Waals surface area contributed by atoms with Crippen molar-refractivity contribution in [2.75, 3.05) is 18.4 Å². The second kappa shape index (κ2) is 7.62. The molecule has 1 saturated heterocycles. The fraction of sp³-hybridized carbons (Fsp3) is 0.316. The van der Waals surface area contributed by atoms with Gasteiger partial charge in [0, 0.05) is 10.7 Å². The van der Waals surface area contributed by atoms with Crippen LogP contribution in [-0.2, 0) is 4.79 Å². The van der Waals surface area contributed by atoms with Crippen molar-refractivity contribution in [1.82, 2.24) is 4.90 Å². The van der Waals surface area contributed by atoms with Crippen LogP contribution in [0.15, 0.2) is 54.6 Å². The molecule has 3 rings (SSSR count). The number of nitrogens with one attached hydrogen (secondary N) is 1. The molecule has 1 fully saturated rings. The van der Waals surface area contributed by atoms with E-state index in [0.29, 0.717) is 5.02 Å². The highest BCUT2D eigenvalue weighted by atomic mass is 35.5. The van der Waals surface area contributed by atoms with Crippen molar-refractivity contribution in [2.45, 2.75) is 25.3 Å². The standard InChI is InChI=1S/C19H21ClN2O/c20-16-11-9-15(10-12-16)18(22-13-5-2-6-14-22)19(23)21-17-7-3-1-4-8-17/h1,3-4,7-12,18H,2,5-6,13-14H2,(H,21,23)/t18-/m1/s1. The van der Waals surface area contributed by atoms with Gasteiger partial charge in [-0.05, 0) is 55.8 Å². The van der Waals surface area contributed by atoms with Crippen LogP contribution < -0.4 is 5.32 Å². The molecule has 1 aliphatic rings. The van der Waals surface area contributed by atoms with E-state index in [2.05, 4.69) is 10.2 Å². The normalized spacial score (nSPS) is 16.7. The molecular weight excluding hydrogens is 308 g/mol. The van der Waals surface area contributed by atoms with E-state index >= 15 is 0 Å². The number of hydrogen-bond acceptors (Lipinski definition) is 2. The van der Waals surface area contributed by atoms with Crippen LogP contribution in [-0.4, -0.2) is 23.9 Å². The van der Waals surface area contributed by atoms with Gasteiger partial charge in [-0.25, -0.2) is 0 Å². The highest BCUT2D eigenvalue weighted by Gasteiger charge is 2.28. The van der Waals surface area contributed by atoms with Gasteiger partial charge in [0.15, 0.2) is 0 Å². The molecule has 120 valence electrons. The number of rotatable bonds is 4. The molecule has 1 heterocycles. The van der Waals surface area contributed by atoms with E-state index in [4.69, 9.17) is 11.6 Å². The molecule has 2 aromatic rings. The zero-order valence-corrected chi connectivity index (χ0v) is 13.8. The van der Waals surface area contributed by atoms with Crippen LogP contribution >= 0.6 is 11.6 Å². The fourth-order valence-corrected chi connectivity index (χ4v) is 3.21. The first kappa shape index (κ1) is 16.0. The second-order valence-electron chi connectivity index (χ2n) is 5.91. The van der Waals surface area contributed by atoms with E-state index in [9.17, 15) is 4.79 Å². The second-order valence-corrected chi connectivity index (χ2v) is 6.34. The predicted octanol–water partition coefficient (Wildman–Crippen LogP) is 4.51. The summed E-state index contributed by atoms with van der Waals surface area (Å²) in [4.78, 5) is 15.2. The summed E-state index contributed by atoms with van der Waals surface area (Å²) in [6.45, 7) is 1.91. The van der Waals surface area contributed by atoms with E-state index in [-0.39, 0.29) is 11.9 Å². The Hall–Kier alpha value is -1.84. The van der Waals surface area contributed by atoms with Crippen LogP contribution in [0.5, 0.6) is 0 Å². The summed E-state index contributed by atoms with van der Waals surface area (Å²) in [5.41, 5.74) is 1.82. The molecule has 1 aliphatic heterocycles. The van der Waals surface area contributed by atoms with E-state index in [1.807, 2.05) is 54.6 Å². The number of carbonyl (C=O) groups is 1. The van der Waals surface area contributed by atoms with Crippen LogP contribution in [0.1, 0.15) is 30.9 Å². The Morgan fingerprint density at radius 3 is 2.26 bits per heavy atom. The Labute approximate surface area is 142 Å². The van der Waals surface area contributed by atoms with E-state index in [1.165, 1.54) is 6.42 Å². The Morgan fingerprint density at radius 1 is 0.957 bits per heavy atom. The van der Waals surface area contributed by atoms with Gasteiger partial charge in [0.1, 0.15) is 6.04 Å². The first-order chi connectivity index (χ1) is 11.2. The number of anilines is 1. The topological polar surface area (TPSA) is 32.3 Å². The van der Waals surface area contributed by atoms with Crippen LogP contribution in [0.25, 0.3) is 0 Å². The minimum atomic E-state index is -0.271. The number of amides is 1. The highest BCUT2D eigenvalue weighted by Crippen LogP contribution is 2.27. The molecule has 1 atom stereocenters. The van der Waals surface area contributed by atoms with Gasteiger partial charge in [0.25, 0.3) is 0 Å². The molecule has 4 heteroatoms. The van der Waals surface area contributed by atoms with Gasteiger partial charge in [0.05, 0.1) is 0 Å². The number of hydrogen-bond donors (Lipinski definition) is 1. The van der Waals surface area contributed by atoms with Gasteiger partial charge in [-0.15, -0.1) is 0 Å². The van der Waals surface area contributed by atoms with E-state index in [0.717, 1.165) is 37.2 Å². The average molecular weight is 329 g/mol. The molecule has 0 saturated carbocycles. The summed E-state index contributed by atoms with van der Waals surface area (Å²) >= 11 is 6.00. The molecule has 0 radical (unpaired) electrons. The minimum absolute atomic E-state index is 0.0143. The number of benzene rings is 2. The lowest BCUT2D eigenvalue weighted by Gasteiger charge is -2.34. The average Bonchev–Trinajstić information content (AvgIpc) is 2.59. The maximum atomic E-state index is 12.9. The molecule has 0 bridgehead atoms. The maximum Gasteiger partial charge on any atom is 0.246 e. The van der Waals surface area contributed by atoms with Gasteiger partial charge in [0.2, 0.25) is 5.91 Å². The largest absolute Gasteiger partial charge is 0.324 e. The van der Waals surface area contributed by atoms with Crippen molar-refractivity contribution in [3.63, 3.8) is 0 Å². The van der Waals surface area contributed by atoms with Crippen LogP contribution in [0, 0.1) is 0 Å². The molecule has 0 aromatic heterocycles. The molecule has 2 aromatic carbocycles. The van der Waals surface area contributed by atoms with Crippen molar-refractivity contribution in [3.8, 4) is 0 Å². The summed E-state index contributed by atoms with van der Waals surface area (Å²) in [6.07, 6.45) is 3.52. The predicted molar refractivity (Wildman–Crippen MR) is 94.7 cm³/mol. The first-order valence-electron chi connectivity index (χ1n) is 8.09. The zero-order valence-electron chi connectivity index (χ0n) is 13.0. The number of piperidine rings is 1. The monoisotopic (exact) mass is 328 g/mol. The number of carbonyl (C=O) groups excluding carboxylic acids is 1. The molecule has 1 N–H and O–H groups in total. The summed E-state index contributed by atoms with van der Waals surface area (Å²) < 4.78 is 0. The van der Waals surface area contributed by atoms with Gasteiger partial charge < -0.3 is 5.32 Å². The molecular formula is C19H21ClN2O. The lowest BCUT2D eigenvalue weighted by Crippen LogP contribution is -2.40. The van der Waals surface area contributed by atoms with Crippen molar-refractivity contribution in [2.24, 2.45) is 0 Å². The molecule has 1 amide bonds. The molecule has 0 unspecified atom stereocenters. The van der Waals surface area contributed by atoms with Crippen molar-refractivity contribution in [3.05, 3.63) is 65.2 Å². The van der Waals surface area contributed by atoms with Gasteiger partial charge >= 0.3 is 0 Å². The smallest absolute Gasteiger partial charge is 0.246 e. The summed E-state index contributed by atoms with van der Waals surface area (Å²) in [6, 6.07) is 16.9. The van der Waals surface area contributed by atoms with Crippen molar-refractivity contribution < 1.29 is 4.79 Å². The number of nitrogens with zero attached hydrogens (tertiary/aromatic N) is 1. The quantitative estimate of drug-likeness (QED) is 0.895.